The van der Waals surface area contributed by atoms with Crippen molar-refractivity contribution in [2.24, 2.45) is 0 Å². The van der Waals surface area contributed by atoms with E-state index < -0.39 is 0 Å². The van der Waals surface area contributed by atoms with Gasteiger partial charge >= 0.3 is 0 Å². The van der Waals surface area contributed by atoms with Crippen LogP contribution >= 0.6 is 11.3 Å². The van der Waals surface area contributed by atoms with Gasteiger partial charge in [0.25, 0.3) is 5.91 Å². The Morgan fingerprint density at radius 1 is 1.24 bits per heavy atom. The van der Waals surface area contributed by atoms with Crippen LogP contribution in [0.25, 0.3) is 0 Å². The van der Waals surface area contributed by atoms with Gasteiger partial charge in [-0.3, -0.25) is 10.1 Å². The van der Waals surface area contributed by atoms with Gasteiger partial charge in [-0.15, -0.1) is 11.3 Å². The molecular formula is C15H20N4OS. The topological polar surface area (TPSA) is 66.9 Å². The van der Waals surface area contributed by atoms with Crippen molar-refractivity contribution < 1.29 is 4.79 Å². The summed E-state index contributed by atoms with van der Waals surface area (Å²) in [6.45, 7) is 8.72. The highest BCUT2D eigenvalue weighted by Crippen LogP contribution is 2.22. The molecule has 2 N–H and O–H groups in total. The van der Waals surface area contributed by atoms with Gasteiger partial charge in [0, 0.05) is 22.7 Å². The first-order valence-corrected chi connectivity index (χ1v) is 7.85. The Bertz CT molecular complexity index is 632. The van der Waals surface area contributed by atoms with Crippen LogP contribution in [0.1, 0.15) is 40.5 Å². The predicted octanol–water partition coefficient (Wildman–Crippen LogP) is 3.40. The Balaban J connectivity index is 2.23. The van der Waals surface area contributed by atoms with Crippen molar-refractivity contribution in [3.63, 3.8) is 0 Å². The number of pyridine rings is 1. The van der Waals surface area contributed by atoms with Gasteiger partial charge in [-0.2, -0.15) is 0 Å². The Labute approximate surface area is 128 Å². The lowest BCUT2D eigenvalue weighted by molar-refractivity contribution is 0.102. The molecule has 112 valence electrons. The van der Waals surface area contributed by atoms with Gasteiger partial charge in [0.1, 0.15) is 5.82 Å². The maximum absolute atomic E-state index is 12.4. The lowest BCUT2D eigenvalue weighted by Gasteiger charge is -2.08. The van der Waals surface area contributed by atoms with Crippen molar-refractivity contribution in [2.45, 2.75) is 34.1 Å². The second-order valence-corrected chi connectivity index (χ2v) is 5.93. The van der Waals surface area contributed by atoms with E-state index in [0.717, 1.165) is 35.0 Å². The number of carbonyl (C=O) groups is 1. The average molecular weight is 304 g/mol. The molecule has 2 aromatic heterocycles. The quantitative estimate of drug-likeness (QED) is 0.888. The van der Waals surface area contributed by atoms with Crippen LogP contribution in [0.5, 0.6) is 0 Å². The Morgan fingerprint density at radius 3 is 2.57 bits per heavy atom. The van der Waals surface area contributed by atoms with E-state index in [1.807, 2.05) is 33.8 Å². The van der Waals surface area contributed by atoms with E-state index >= 15 is 0 Å². The molecule has 0 saturated heterocycles. The molecule has 5 nitrogen and oxygen atoms in total. The van der Waals surface area contributed by atoms with E-state index in [1.165, 1.54) is 11.3 Å². The number of thiazole rings is 1. The van der Waals surface area contributed by atoms with Gasteiger partial charge < -0.3 is 5.32 Å². The molecule has 0 saturated carbocycles. The highest BCUT2D eigenvalue weighted by molar-refractivity contribution is 7.15. The van der Waals surface area contributed by atoms with E-state index in [1.54, 1.807) is 6.07 Å². The molecule has 0 radical (unpaired) electrons. The summed E-state index contributed by atoms with van der Waals surface area (Å²) in [5.74, 6) is 0.577. The maximum atomic E-state index is 12.4. The van der Waals surface area contributed by atoms with Crippen LogP contribution in [-0.2, 0) is 6.42 Å². The summed E-state index contributed by atoms with van der Waals surface area (Å²) in [5.41, 5.74) is 2.45. The van der Waals surface area contributed by atoms with Gasteiger partial charge in [-0.25, -0.2) is 9.97 Å². The first-order valence-electron chi connectivity index (χ1n) is 7.03. The third kappa shape index (κ3) is 3.78. The zero-order chi connectivity index (χ0) is 15.4. The molecule has 0 aliphatic carbocycles. The molecule has 0 aliphatic rings. The number of amides is 1. The molecule has 21 heavy (non-hydrogen) atoms. The van der Waals surface area contributed by atoms with Gasteiger partial charge in [0.15, 0.2) is 5.13 Å². The first kappa shape index (κ1) is 15.4. The summed E-state index contributed by atoms with van der Waals surface area (Å²) >= 11 is 1.49. The number of carbonyl (C=O) groups excluding carboxylic acids is 1. The Kier molecular flexibility index (Phi) is 4.90. The number of aromatic nitrogens is 2. The molecule has 0 bridgehead atoms. The second kappa shape index (κ2) is 6.67. The number of anilines is 2. The number of nitrogens with one attached hydrogen (secondary N) is 2. The van der Waals surface area contributed by atoms with Crippen molar-refractivity contribution in [1.82, 2.24) is 9.97 Å². The maximum Gasteiger partial charge on any atom is 0.257 e. The molecule has 0 spiro atoms. The molecule has 2 rings (SSSR count). The lowest BCUT2D eigenvalue weighted by atomic mass is 10.2. The van der Waals surface area contributed by atoms with Crippen LogP contribution in [-0.4, -0.2) is 22.4 Å². The van der Waals surface area contributed by atoms with Gasteiger partial charge in [0.2, 0.25) is 0 Å². The highest BCUT2D eigenvalue weighted by Gasteiger charge is 2.12. The zero-order valence-corrected chi connectivity index (χ0v) is 13.6. The predicted molar refractivity (Wildman–Crippen MR) is 87.3 cm³/mol. The number of nitrogens with zero attached hydrogens (tertiary/aromatic N) is 2. The van der Waals surface area contributed by atoms with Crippen molar-refractivity contribution in [3.05, 3.63) is 34.0 Å². The van der Waals surface area contributed by atoms with Crippen molar-refractivity contribution in [3.8, 4) is 0 Å². The fourth-order valence-corrected chi connectivity index (χ4v) is 2.68. The zero-order valence-electron chi connectivity index (χ0n) is 12.8. The van der Waals surface area contributed by atoms with Crippen molar-refractivity contribution in [1.29, 1.82) is 0 Å². The molecule has 2 heterocycles. The highest BCUT2D eigenvalue weighted by atomic mass is 32.1. The Hall–Kier alpha value is -1.95. The number of aryl methyl sites for hydroxylation is 3. The molecule has 0 aliphatic heterocycles. The lowest BCUT2D eigenvalue weighted by Crippen LogP contribution is -2.13. The molecule has 2 aromatic rings. The van der Waals surface area contributed by atoms with Gasteiger partial charge in [-0.1, -0.05) is 6.92 Å². The monoisotopic (exact) mass is 304 g/mol. The number of hydrogen-bond acceptors (Lipinski definition) is 5. The second-order valence-electron chi connectivity index (χ2n) is 4.73. The summed E-state index contributed by atoms with van der Waals surface area (Å²) in [6, 6.07) is 3.59. The van der Waals surface area contributed by atoms with Crippen molar-refractivity contribution >= 4 is 28.2 Å². The largest absolute Gasteiger partial charge is 0.370 e. The summed E-state index contributed by atoms with van der Waals surface area (Å²) in [6.07, 6.45) is 0.787. The smallest absolute Gasteiger partial charge is 0.257 e. The SMILES string of the molecule is CCNc1cc(C(=O)Nc2nc(C)c(C)s2)cc(CC)n1. The summed E-state index contributed by atoms with van der Waals surface area (Å²) in [4.78, 5) is 22.3. The van der Waals surface area contributed by atoms with Crippen LogP contribution in [0, 0.1) is 13.8 Å². The summed E-state index contributed by atoms with van der Waals surface area (Å²) < 4.78 is 0. The van der Waals surface area contributed by atoms with E-state index in [9.17, 15) is 4.79 Å². The molecule has 0 unspecified atom stereocenters. The van der Waals surface area contributed by atoms with E-state index in [0.29, 0.717) is 10.7 Å². The minimum Gasteiger partial charge on any atom is -0.370 e. The Morgan fingerprint density at radius 2 is 2.00 bits per heavy atom. The van der Waals surface area contributed by atoms with Crippen LogP contribution in [0.15, 0.2) is 12.1 Å². The van der Waals surface area contributed by atoms with E-state index in [4.69, 9.17) is 0 Å². The minimum absolute atomic E-state index is 0.153. The normalized spacial score (nSPS) is 10.5. The van der Waals surface area contributed by atoms with Gasteiger partial charge in [0.05, 0.1) is 5.69 Å². The third-order valence-corrected chi connectivity index (χ3v) is 4.10. The molecule has 0 aromatic carbocycles. The van der Waals surface area contributed by atoms with Crippen LogP contribution in [0.4, 0.5) is 10.9 Å². The fraction of sp³-hybridized carbons (Fsp3) is 0.400. The van der Waals surface area contributed by atoms with Crippen molar-refractivity contribution in [2.75, 3.05) is 17.2 Å². The third-order valence-electron chi connectivity index (χ3n) is 3.11. The molecule has 0 atom stereocenters. The first-order chi connectivity index (χ1) is 10.0. The average Bonchev–Trinajstić information content (AvgIpc) is 2.77. The van der Waals surface area contributed by atoms with Crippen LogP contribution in [0.2, 0.25) is 0 Å². The fourth-order valence-electron chi connectivity index (χ4n) is 1.87. The van der Waals surface area contributed by atoms with E-state index in [2.05, 4.69) is 20.6 Å². The van der Waals surface area contributed by atoms with Crippen LogP contribution in [0.3, 0.4) is 0 Å². The molecule has 6 heteroatoms. The number of hydrogen-bond donors (Lipinski definition) is 2. The van der Waals surface area contributed by atoms with Gasteiger partial charge in [-0.05, 0) is 39.3 Å². The summed E-state index contributed by atoms with van der Waals surface area (Å²) in [5, 5.41) is 6.64. The number of rotatable bonds is 5. The van der Waals surface area contributed by atoms with E-state index in [-0.39, 0.29) is 5.91 Å². The summed E-state index contributed by atoms with van der Waals surface area (Å²) in [7, 11) is 0. The minimum atomic E-state index is -0.153. The standard InChI is InChI=1S/C15H20N4OS/c1-5-12-7-11(8-13(18-12)16-6-2)14(20)19-15-17-9(3)10(4)21-15/h7-8H,5-6H2,1-4H3,(H,16,18)(H,17,19,20). The molecular weight excluding hydrogens is 284 g/mol. The molecule has 1 amide bonds. The van der Waals surface area contributed by atoms with Crippen LogP contribution < -0.4 is 10.6 Å². The molecule has 0 fully saturated rings.